The van der Waals surface area contributed by atoms with Crippen LogP contribution in [0.1, 0.15) is 41.9 Å². The number of aliphatic hydroxyl groups excluding tert-OH is 1. The number of fused-ring (bicyclic) bond motifs is 3. The van der Waals surface area contributed by atoms with Gasteiger partial charge in [0, 0.05) is 23.9 Å². The van der Waals surface area contributed by atoms with Crippen molar-refractivity contribution in [1.29, 1.82) is 0 Å². The first-order valence-corrected chi connectivity index (χ1v) is 13.8. The third-order valence-electron chi connectivity index (χ3n) is 8.06. The summed E-state index contributed by atoms with van der Waals surface area (Å²) in [5.41, 5.74) is 3.69. The molecule has 1 aliphatic heterocycles. The van der Waals surface area contributed by atoms with Gasteiger partial charge in [-0.25, -0.2) is 4.79 Å². The Bertz CT molecular complexity index is 1380. The van der Waals surface area contributed by atoms with Crippen LogP contribution in [0.3, 0.4) is 0 Å². The number of methoxy groups -OCH3 is 1. The Morgan fingerprint density at radius 3 is 2.30 bits per heavy atom. The molecule has 0 aromatic heterocycles. The van der Waals surface area contributed by atoms with E-state index in [4.69, 9.17) is 21.1 Å². The van der Waals surface area contributed by atoms with Crippen LogP contribution < -0.4 is 0 Å². The van der Waals surface area contributed by atoms with Gasteiger partial charge in [0.2, 0.25) is 0 Å². The molecule has 208 valence electrons. The minimum atomic E-state index is -1.49. The maximum Gasteiger partial charge on any atom is 0.410 e. The van der Waals surface area contributed by atoms with Crippen molar-refractivity contribution in [3.63, 3.8) is 0 Å². The summed E-state index contributed by atoms with van der Waals surface area (Å²) in [5, 5.41) is 10.8. The number of esters is 1. The van der Waals surface area contributed by atoms with Gasteiger partial charge < -0.3 is 14.6 Å². The van der Waals surface area contributed by atoms with Crippen molar-refractivity contribution in [2.75, 3.05) is 26.9 Å². The van der Waals surface area contributed by atoms with Crippen LogP contribution in [-0.2, 0) is 25.5 Å². The molecule has 2 atom stereocenters. The molecule has 1 N–H and O–H groups in total. The summed E-state index contributed by atoms with van der Waals surface area (Å²) in [4.78, 5) is 41.2. The van der Waals surface area contributed by atoms with Gasteiger partial charge in [0.25, 0.3) is 0 Å². The fraction of sp³-hybridized carbons (Fsp3) is 0.344. The molecule has 0 saturated carbocycles. The highest BCUT2D eigenvalue weighted by molar-refractivity contribution is 6.30. The number of halogens is 1. The van der Waals surface area contributed by atoms with Crippen LogP contribution in [-0.4, -0.2) is 60.8 Å². The number of likely N-dealkylation sites (tertiary alicyclic amines) is 1. The number of Topliss-reactive ketones (excluding diaryl/α,β-unsaturated/α-hetero) is 1. The van der Waals surface area contributed by atoms with Crippen molar-refractivity contribution in [2.24, 2.45) is 5.41 Å². The topological polar surface area (TPSA) is 93.1 Å². The highest BCUT2D eigenvalue weighted by Gasteiger charge is 2.45. The van der Waals surface area contributed by atoms with Gasteiger partial charge in [0.15, 0.2) is 5.78 Å². The number of rotatable bonds is 9. The third kappa shape index (κ3) is 5.36. The van der Waals surface area contributed by atoms with E-state index in [1.165, 1.54) is 12.0 Å². The molecule has 8 heteroatoms. The van der Waals surface area contributed by atoms with Crippen LogP contribution in [0.5, 0.6) is 0 Å². The van der Waals surface area contributed by atoms with Crippen LogP contribution >= 0.6 is 11.6 Å². The predicted octanol–water partition coefficient (Wildman–Crippen LogP) is 5.41. The number of ketones is 1. The van der Waals surface area contributed by atoms with E-state index in [2.05, 4.69) is 24.3 Å². The van der Waals surface area contributed by atoms with E-state index in [9.17, 15) is 19.5 Å². The first-order chi connectivity index (χ1) is 19.4. The zero-order chi connectivity index (χ0) is 28.3. The number of nitrogens with zero attached hydrogens (tertiary/aromatic N) is 1. The largest absolute Gasteiger partial charge is 0.469 e. The highest BCUT2D eigenvalue weighted by atomic mass is 35.5. The van der Waals surface area contributed by atoms with Gasteiger partial charge in [0.1, 0.15) is 12.0 Å². The van der Waals surface area contributed by atoms with Crippen molar-refractivity contribution >= 4 is 29.4 Å². The molecule has 1 unspecified atom stereocenters. The zero-order valence-corrected chi connectivity index (χ0v) is 23.1. The number of hydrogen-bond acceptors (Lipinski definition) is 6. The molecular formula is C32H32ClNO6. The molecule has 0 spiro atoms. The summed E-state index contributed by atoms with van der Waals surface area (Å²) < 4.78 is 10.8. The van der Waals surface area contributed by atoms with E-state index in [0.29, 0.717) is 30.0 Å². The quantitative estimate of drug-likeness (QED) is 0.351. The first-order valence-electron chi connectivity index (χ1n) is 13.4. The van der Waals surface area contributed by atoms with Crippen LogP contribution in [0.15, 0.2) is 72.8 Å². The van der Waals surface area contributed by atoms with Gasteiger partial charge in [-0.15, -0.1) is 0 Å². The summed E-state index contributed by atoms with van der Waals surface area (Å²) in [6, 6.07) is 22.4. The minimum Gasteiger partial charge on any atom is -0.469 e. The number of ether oxygens (including phenoxy) is 2. The first kappa shape index (κ1) is 27.9. The molecule has 2 aliphatic rings. The highest BCUT2D eigenvalue weighted by Crippen LogP contribution is 2.44. The lowest BCUT2D eigenvalue weighted by atomic mass is 9.76. The summed E-state index contributed by atoms with van der Waals surface area (Å²) >= 11 is 6.12. The molecule has 40 heavy (non-hydrogen) atoms. The van der Waals surface area contributed by atoms with Gasteiger partial charge in [-0.3, -0.25) is 14.5 Å². The smallest absolute Gasteiger partial charge is 0.410 e. The maximum atomic E-state index is 13.6. The van der Waals surface area contributed by atoms with E-state index in [1.807, 2.05) is 24.3 Å². The van der Waals surface area contributed by atoms with E-state index < -0.39 is 30.1 Å². The van der Waals surface area contributed by atoms with Crippen LogP contribution in [0.2, 0.25) is 5.02 Å². The molecule has 1 aliphatic carbocycles. The molecule has 1 saturated heterocycles. The Morgan fingerprint density at radius 1 is 1.00 bits per heavy atom. The maximum absolute atomic E-state index is 13.6. The molecule has 1 heterocycles. The average Bonchev–Trinajstić information content (AvgIpc) is 3.59. The van der Waals surface area contributed by atoms with Gasteiger partial charge in [-0.2, -0.15) is 0 Å². The fourth-order valence-corrected chi connectivity index (χ4v) is 6.30. The lowest BCUT2D eigenvalue weighted by molar-refractivity contribution is -0.158. The molecular weight excluding hydrogens is 530 g/mol. The van der Waals surface area contributed by atoms with Crippen LogP contribution in [0, 0.1) is 5.41 Å². The summed E-state index contributed by atoms with van der Waals surface area (Å²) in [6.45, 7) is -0.0525. The Labute approximate surface area is 238 Å². The van der Waals surface area contributed by atoms with Gasteiger partial charge >= 0.3 is 12.1 Å². The second-order valence-electron chi connectivity index (χ2n) is 10.5. The Balaban J connectivity index is 1.30. The SMILES string of the molecule is COC(=O)[C@@](CO)(CC(=O)C1CCCN1C(=O)OCC1c2ccccc2-c2ccccc21)Cc1cccc(Cl)c1. The number of aliphatic hydroxyl groups is 1. The molecule has 7 nitrogen and oxygen atoms in total. The molecule has 1 amide bonds. The average molecular weight is 562 g/mol. The fourth-order valence-electron chi connectivity index (χ4n) is 6.09. The van der Waals surface area contributed by atoms with Crippen molar-refractivity contribution < 1.29 is 29.0 Å². The number of hydrogen-bond donors (Lipinski definition) is 1. The Hall–Kier alpha value is -3.68. The molecule has 3 aromatic carbocycles. The van der Waals surface area contributed by atoms with Gasteiger partial charge in [0.05, 0.1) is 19.8 Å². The molecule has 1 fully saturated rings. The van der Waals surface area contributed by atoms with Crippen molar-refractivity contribution in [2.45, 2.75) is 37.6 Å². The normalized spacial score (nSPS) is 17.6. The number of amides is 1. The van der Waals surface area contributed by atoms with Crippen LogP contribution in [0.4, 0.5) is 4.79 Å². The van der Waals surface area contributed by atoms with Crippen LogP contribution in [0.25, 0.3) is 11.1 Å². The lowest BCUT2D eigenvalue weighted by Gasteiger charge is -2.31. The number of carbonyl (C=O) groups is 3. The summed E-state index contributed by atoms with van der Waals surface area (Å²) in [5.74, 6) is -1.09. The lowest BCUT2D eigenvalue weighted by Crippen LogP contribution is -2.46. The summed E-state index contributed by atoms with van der Waals surface area (Å²) in [6.07, 6.45) is 0.336. The second-order valence-corrected chi connectivity index (χ2v) is 11.0. The zero-order valence-electron chi connectivity index (χ0n) is 22.3. The van der Waals surface area contributed by atoms with E-state index in [0.717, 1.165) is 22.3 Å². The molecule has 0 radical (unpaired) electrons. The summed E-state index contributed by atoms with van der Waals surface area (Å²) in [7, 11) is 1.23. The second kappa shape index (κ2) is 11.8. The predicted molar refractivity (Wildman–Crippen MR) is 151 cm³/mol. The molecule has 0 bridgehead atoms. The van der Waals surface area contributed by atoms with Gasteiger partial charge in [-0.05, 0) is 59.2 Å². The van der Waals surface area contributed by atoms with Crippen molar-refractivity contribution in [3.05, 3.63) is 94.5 Å². The molecule has 3 aromatic rings. The standard InChI is InChI=1S/C32H32ClNO6/c1-39-30(37)32(20-35,17-21-8-6-9-22(33)16-21)18-29(36)28-14-7-15-34(28)31(38)40-19-27-25-12-4-2-10-23(25)24-11-3-5-13-26(24)27/h2-6,8-13,16,27-28,35H,7,14-15,17-20H2,1H3/t28?,32-/m1/s1. The van der Waals surface area contributed by atoms with Crippen molar-refractivity contribution in [3.8, 4) is 11.1 Å². The third-order valence-corrected chi connectivity index (χ3v) is 8.30. The number of carbonyl (C=O) groups excluding carboxylic acids is 3. The van der Waals surface area contributed by atoms with Crippen molar-refractivity contribution in [1.82, 2.24) is 4.90 Å². The monoisotopic (exact) mass is 561 g/mol. The Kier molecular flexibility index (Phi) is 8.24. The number of benzene rings is 3. The Morgan fingerprint density at radius 2 is 1.68 bits per heavy atom. The van der Waals surface area contributed by atoms with E-state index in [-0.39, 0.29) is 31.1 Å². The van der Waals surface area contributed by atoms with E-state index >= 15 is 0 Å². The van der Waals surface area contributed by atoms with E-state index in [1.54, 1.807) is 24.3 Å². The van der Waals surface area contributed by atoms with Gasteiger partial charge in [-0.1, -0.05) is 72.3 Å². The minimum absolute atomic E-state index is 0.0696. The molecule has 5 rings (SSSR count).